The van der Waals surface area contributed by atoms with E-state index in [1.54, 1.807) is 23.0 Å². The highest BCUT2D eigenvalue weighted by atomic mass is 19.1. The standard InChI is InChI=1S/C15H18FN3O/c1-3-5-14-13(15(20)17-4-2)10-18-19(14)12-8-6-11(16)7-9-12/h6-10H,3-5H2,1-2H3,(H,17,20). The van der Waals surface area contributed by atoms with Crippen LogP contribution < -0.4 is 5.32 Å². The molecule has 5 heteroatoms. The summed E-state index contributed by atoms with van der Waals surface area (Å²) in [6, 6.07) is 6.09. The highest BCUT2D eigenvalue weighted by Crippen LogP contribution is 2.17. The van der Waals surface area contributed by atoms with E-state index in [1.165, 1.54) is 12.1 Å². The van der Waals surface area contributed by atoms with Gasteiger partial charge in [0.2, 0.25) is 0 Å². The van der Waals surface area contributed by atoms with Crippen molar-refractivity contribution in [2.75, 3.05) is 6.54 Å². The summed E-state index contributed by atoms with van der Waals surface area (Å²) in [5.41, 5.74) is 2.19. The first-order valence-electron chi connectivity index (χ1n) is 6.78. The van der Waals surface area contributed by atoms with Gasteiger partial charge in [0.25, 0.3) is 5.91 Å². The molecule has 0 radical (unpaired) electrons. The van der Waals surface area contributed by atoms with Gasteiger partial charge in [-0.2, -0.15) is 5.10 Å². The first-order valence-corrected chi connectivity index (χ1v) is 6.78. The average Bonchev–Trinajstić information content (AvgIpc) is 2.84. The van der Waals surface area contributed by atoms with Gasteiger partial charge in [-0.15, -0.1) is 0 Å². The van der Waals surface area contributed by atoms with Crippen LogP contribution in [0.1, 0.15) is 36.3 Å². The van der Waals surface area contributed by atoms with Crippen LogP contribution in [0.3, 0.4) is 0 Å². The van der Waals surface area contributed by atoms with E-state index in [4.69, 9.17) is 0 Å². The number of halogens is 1. The second kappa shape index (κ2) is 6.32. The Labute approximate surface area is 117 Å². The summed E-state index contributed by atoms with van der Waals surface area (Å²) in [5, 5.41) is 7.05. The number of benzene rings is 1. The fourth-order valence-electron chi connectivity index (χ4n) is 2.10. The number of amides is 1. The Bertz CT molecular complexity index is 590. The van der Waals surface area contributed by atoms with Gasteiger partial charge >= 0.3 is 0 Å². The molecule has 4 nitrogen and oxygen atoms in total. The lowest BCUT2D eigenvalue weighted by Crippen LogP contribution is -2.23. The molecule has 0 saturated carbocycles. The lowest BCUT2D eigenvalue weighted by molar-refractivity contribution is 0.0955. The molecule has 0 fully saturated rings. The SMILES string of the molecule is CCCc1c(C(=O)NCC)cnn1-c1ccc(F)cc1. The van der Waals surface area contributed by atoms with E-state index >= 15 is 0 Å². The van der Waals surface area contributed by atoms with Crippen molar-refractivity contribution < 1.29 is 9.18 Å². The maximum Gasteiger partial charge on any atom is 0.254 e. The molecule has 0 spiro atoms. The molecule has 0 bridgehead atoms. The number of aromatic nitrogens is 2. The maximum atomic E-state index is 13.0. The number of rotatable bonds is 5. The van der Waals surface area contributed by atoms with Gasteiger partial charge < -0.3 is 5.32 Å². The molecule has 0 atom stereocenters. The van der Waals surface area contributed by atoms with Crippen molar-refractivity contribution >= 4 is 5.91 Å². The van der Waals surface area contributed by atoms with Crippen LogP contribution in [-0.2, 0) is 6.42 Å². The molecule has 20 heavy (non-hydrogen) atoms. The number of carbonyl (C=O) groups excluding carboxylic acids is 1. The molecule has 1 aromatic heterocycles. The van der Waals surface area contributed by atoms with Crippen LogP contribution >= 0.6 is 0 Å². The minimum absolute atomic E-state index is 0.121. The number of carbonyl (C=O) groups is 1. The van der Waals surface area contributed by atoms with Crippen LogP contribution in [-0.4, -0.2) is 22.2 Å². The number of nitrogens with one attached hydrogen (secondary N) is 1. The highest BCUT2D eigenvalue weighted by Gasteiger charge is 2.17. The Morgan fingerprint density at radius 3 is 2.60 bits per heavy atom. The minimum atomic E-state index is -0.290. The Morgan fingerprint density at radius 1 is 1.30 bits per heavy atom. The predicted octanol–water partition coefficient (Wildman–Crippen LogP) is 2.71. The predicted molar refractivity (Wildman–Crippen MR) is 75.5 cm³/mol. The summed E-state index contributed by atoms with van der Waals surface area (Å²) in [4.78, 5) is 12.0. The number of hydrogen-bond donors (Lipinski definition) is 1. The van der Waals surface area contributed by atoms with E-state index in [1.807, 2.05) is 13.8 Å². The summed E-state index contributed by atoms with van der Waals surface area (Å²) in [6.07, 6.45) is 3.21. The van der Waals surface area contributed by atoms with Crippen LogP contribution in [0.25, 0.3) is 5.69 Å². The first-order chi connectivity index (χ1) is 9.67. The topological polar surface area (TPSA) is 46.9 Å². The number of hydrogen-bond acceptors (Lipinski definition) is 2. The van der Waals surface area contributed by atoms with Crippen molar-refractivity contribution in [3.05, 3.63) is 47.5 Å². The van der Waals surface area contributed by atoms with Crippen LogP contribution in [0, 0.1) is 5.82 Å². The van der Waals surface area contributed by atoms with Gasteiger partial charge in [-0.25, -0.2) is 9.07 Å². The zero-order valence-corrected chi connectivity index (χ0v) is 11.7. The quantitative estimate of drug-likeness (QED) is 0.912. The van der Waals surface area contributed by atoms with Crippen molar-refractivity contribution in [2.45, 2.75) is 26.7 Å². The second-order valence-electron chi connectivity index (χ2n) is 4.50. The summed E-state index contributed by atoms with van der Waals surface area (Å²) in [5.74, 6) is -0.411. The van der Waals surface area contributed by atoms with Gasteiger partial charge in [-0.3, -0.25) is 4.79 Å². The molecule has 1 heterocycles. The molecule has 2 aromatic rings. The van der Waals surface area contributed by atoms with Crippen molar-refractivity contribution in [2.24, 2.45) is 0 Å². The van der Waals surface area contributed by atoms with E-state index in [2.05, 4.69) is 10.4 Å². The molecule has 0 aliphatic heterocycles. The zero-order valence-electron chi connectivity index (χ0n) is 11.7. The van der Waals surface area contributed by atoms with E-state index < -0.39 is 0 Å². The minimum Gasteiger partial charge on any atom is -0.352 e. The molecule has 0 saturated heterocycles. The number of nitrogens with zero attached hydrogens (tertiary/aromatic N) is 2. The van der Waals surface area contributed by atoms with Crippen molar-refractivity contribution in [3.8, 4) is 5.69 Å². The summed E-state index contributed by atoms with van der Waals surface area (Å²) in [7, 11) is 0. The normalized spacial score (nSPS) is 10.6. The van der Waals surface area contributed by atoms with Gasteiger partial charge in [-0.1, -0.05) is 13.3 Å². The fraction of sp³-hybridized carbons (Fsp3) is 0.333. The summed E-state index contributed by atoms with van der Waals surface area (Å²) in [6.45, 7) is 4.50. The van der Waals surface area contributed by atoms with Crippen molar-refractivity contribution in [3.63, 3.8) is 0 Å². The smallest absolute Gasteiger partial charge is 0.254 e. The first kappa shape index (κ1) is 14.2. The van der Waals surface area contributed by atoms with Gasteiger partial charge in [0.15, 0.2) is 0 Å². The zero-order chi connectivity index (χ0) is 14.5. The fourth-order valence-corrected chi connectivity index (χ4v) is 2.10. The van der Waals surface area contributed by atoms with Crippen LogP contribution in [0.4, 0.5) is 4.39 Å². The second-order valence-corrected chi connectivity index (χ2v) is 4.50. The van der Waals surface area contributed by atoms with E-state index in [0.717, 1.165) is 24.2 Å². The molecule has 0 unspecified atom stereocenters. The summed E-state index contributed by atoms with van der Waals surface area (Å²) < 4.78 is 14.7. The summed E-state index contributed by atoms with van der Waals surface area (Å²) >= 11 is 0. The monoisotopic (exact) mass is 275 g/mol. The Balaban J connectivity index is 2.43. The van der Waals surface area contributed by atoms with Gasteiger partial charge in [-0.05, 0) is 37.6 Å². The van der Waals surface area contributed by atoms with Crippen molar-refractivity contribution in [1.82, 2.24) is 15.1 Å². The third kappa shape index (κ3) is 2.87. The molecule has 0 aliphatic carbocycles. The molecular formula is C15H18FN3O. The molecule has 2 rings (SSSR count). The third-order valence-electron chi connectivity index (χ3n) is 3.01. The molecule has 1 N–H and O–H groups in total. The Kier molecular flexibility index (Phi) is 4.50. The Hall–Kier alpha value is -2.17. The van der Waals surface area contributed by atoms with E-state index in [0.29, 0.717) is 12.1 Å². The van der Waals surface area contributed by atoms with Gasteiger partial charge in [0.1, 0.15) is 5.82 Å². The Morgan fingerprint density at radius 2 is 2.00 bits per heavy atom. The van der Waals surface area contributed by atoms with Crippen LogP contribution in [0.2, 0.25) is 0 Å². The lowest BCUT2D eigenvalue weighted by atomic mass is 10.1. The van der Waals surface area contributed by atoms with E-state index in [9.17, 15) is 9.18 Å². The molecule has 1 amide bonds. The molecule has 106 valence electrons. The van der Waals surface area contributed by atoms with Crippen LogP contribution in [0.5, 0.6) is 0 Å². The molecule has 1 aromatic carbocycles. The van der Waals surface area contributed by atoms with Gasteiger partial charge in [0.05, 0.1) is 23.1 Å². The molecule has 0 aliphatic rings. The molecular weight excluding hydrogens is 257 g/mol. The van der Waals surface area contributed by atoms with Crippen LogP contribution in [0.15, 0.2) is 30.5 Å². The van der Waals surface area contributed by atoms with E-state index in [-0.39, 0.29) is 11.7 Å². The average molecular weight is 275 g/mol. The lowest BCUT2D eigenvalue weighted by Gasteiger charge is -2.09. The third-order valence-corrected chi connectivity index (χ3v) is 3.01. The highest BCUT2D eigenvalue weighted by molar-refractivity contribution is 5.95. The van der Waals surface area contributed by atoms with Crippen molar-refractivity contribution in [1.29, 1.82) is 0 Å². The largest absolute Gasteiger partial charge is 0.352 e. The van der Waals surface area contributed by atoms with Gasteiger partial charge in [0, 0.05) is 6.54 Å². The maximum absolute atomic E-state index is 13.0.